The van der Waals surface area contributed by atoms with E-state index in [0.29, 0.717) is 31.8 Å². The highest BCUT2D eigenvalue weighted by molar-refractivity contribution is 6.19. The van der Waals surface area contributed by atoms with Crippen molar-refractivity contribution < 1.29 is 53.8 Å². The number of piperidine rings is 1. The summed E-state index contributed by atoms with van der Waals surface area (Å²) in [6.45, 7) is 18.4. The Bertz CT molecular complexity index is 2440. The maximum Gasteiger partial charge on any atom is 0.410 e. The van der Waals surface area contributed by atoms with E-state index >= 15 is 0 Å². The molecule has 354 valence electrons. The van der Waals surface area contributed by atoms with Crippen LogP contribution in [0.25, 0.3) is 10.8 Å². The van der Waals surface area contributed by atoms with Gasteiger partial charge in [-0.3, -0.25) is 19.6 Å². The van der Waals surface area contributed by atoms with Crippen LogP contribution in [0.1, 0.15) is 97.0 Å². The molecule has 0 radical (unpaired) electrons. The van der Waals surface area contributed by atoms with E-state index < -0.39 is 83.1 Å². The Labute approximate surface area is 380 Å². The number of hydrogen-bond donors (Lipinski definition) is 5. The summed E-state index contributed by atoms with van der Waals surface area (Å²) >= 11 is 0. The van der Waals surface area contributed by atoms with Gasteiger partial charge in [-0.05, 0) is 38.7 Å². The average molecular weight is 902 g/mol. The minimum atomic E-state index is -1.97. The van der Waals surface area contributed by atoms with E-state index in [-0.39, 0.29) is 61.4 Å². The van der Waals surface area contributed by atoms with Gasteiger partial charge in [0.2, 0.25) is 0 Å². The molecule has 65 heavy (non-hydrogen) atoms. The fraction of sp³-hybridized carbons (Fsp3) is 0.612. The van der Waals surface area contributed by atoms with Gasteiger partial charge >= 0.3 is 11.9 Å². The lowest BCUT2D eigenvalue weighted by molar-refractivity contribution is -0.112. The van der Waals surface area contributed by atoms with Gasteiger partial charge in [0.25, 0.3) is 11.7 Å². The number of phenols is 2. The molecule has 0 aromatic heterocycles. The molecule has 1 saturated carbocycles. The maximum absolute atomic E-state index is 14.8. The Morgan fingerprint density at radius 1 is 0.969 bits per heavy atom. The van der Waals surface area contributed by atoms with Crippen molar-refractivity contribution >= 4 is 34.2 Å². The molecule has 8 rings (SSSR count). The van der Waals surface area contributed by atoms with E-state index in [2.05, 4.69) is 24.1 Å². The molecular weight excluding hydrogens is 835 g/mol. The summed E-state index contributed by atoms with van der Waals surface area (Å²) in [5.41, 5.74) is -0.571. The van der Waals surface area contributed by atoms with Crippen molar-refractivity contribution in [2.24, 2.45) is 39.6 Å². The zero-order chi connectivity index (χ0) is 47.4. The summed E-state index contributed by atoms with van der Waals surface area (Å²) in [6, 6.07) is 0.0666. The van der Waals surface area contributed by atoms with Crippen LogP contribution in [0.4, 0.5) is 10.5 Å². The van der Waals surface area contributed by atoms with E-state index in [4.69, 9.17) is 28.9 Å². The fourth-order valence-corrected chi connectivity index (χ4v) is 9.82. The van der Waals surface area contributed by atoms with Crippen LogP contribution in [0.15, 0.2) is 46.1 Å². The predicted molar refractivity (Wildman–Crippen MR) is 243 cm³/mol. The molecule has 1 aliphatic carbocycles. The number of aliphatic hydroxyl groups is 2. The van der Waals surface area contributed by atoms with Crippen molar-refractivity contribution in [1.29, 1.82) is 0 Å². The number of Topliss-reactive ketones (excluding diaryl/α,β-unsaturated/α-hetero) is 1. The van der Waals surface area contributed by atoms with Gasteiger partial charge in [-0.1, -0.05) is 59.8 Å². The standard InChI is InChI=1S/C49H67N5O11/c1-24(2)23-54-20-18-49(19-21-54)51-36-33-34-41(57)30(8)44-35(33)45(59)48(9,65-44)63-22-17-32(62-11)27(5)43(64-47(61)53(10)31-15-16-31)29(7)40(56)28(6)39(55)25(3)13-12-14-26(4)46(60)50-38(42(34)58)37(36)52-49/h12-14,17,22,24-25,27-29,31-32,39-40,43,55-58H,15-16,18-21,23H2,1-11H3,(H,50,60)/b13-12+,22-17+,26-14-/t25-,27+,28+,29+,32-,39-,40+,43+,48-/m0/s1. The number of amides is 2. The van der Waals surface area contributed by atoms with Gasteiger partial charge < -0.3 is 54.5 Å². The third-order valence-electron chi connectivity index (χ3n) is 14.2. The topological polar surface area (TPSA) is 212 Å². The molecule has 16 nitrogen and oxygen atoms in total. The summed E-state index contributed by atoms with van der Waals surface area (Å²) in [5, 5.41) is 50.7. The van der Waals surface area contributed by atoms with Gasteiger partial charge in [0.15, 0.2) is 11.4 Å². The van der Waals surface area contributed by atoms with E-state index in [1.54, 1.807) is 70.9 Å². The van der Waals surface area contributed by atoms with Crippen LogP contribution in [0.5, 0.6) is 17.2 Å². The summed E-state index contributed by atoms with van der Waals surface area (Å²) in [7, 11) is 3.17. The largest absolute Gasteiger partial charge is 0.507 e. The Kier molecular flexibility index (Phi) is 13.5. The first-order valence-electron chi connectivity index (χ1n) is 23.0. The first-order chi connectivity index (χ1) is 30.6. The average Bonchev–Trinajstić information content (AvgIpc) is 4.01. The van der Waals surface area contributed by atoms with Crippen LogP contribution in [-0.2, 0) is 19.0 Å². The second-order valence-electron chi connectivity index (χ2n) is 19.6. The van der Waals surface area contributed by atoms with Crippen molar-refractivity contribution in [3.05, 3.63) is 58.0 Å². The van der Waals surface area contributed by atoms with Crippen LogP contribution in [-0.4, -0.2) is 124 Å². The molecule has 6 aliphatic rings. The zero-order valence-electron chi connectivity index (χ0n) is 39.5. The van der Waals surface area contributed by atoms with Crippen LogP contribution in [0.3, 0.4) is 0 Å². The van der Waals surface area contributed by atoms with Crippen LogP contribution >= 0.6 is 0 Å². The van der Waals surface area contributed by atoms with Crippen molar-refractivity contribution in [1.82, 2.24) is 9.80 Å². The highest BCUT2D eigenvalue weighted by atomic mass is 16.7. The Morgan fingerprint density at radius 2 is 1.63 bits per heavy atom. The summed E-state index contributed by atoms with van der Waals surface area (Å²) in [4.78, 5) is 56.6. The van der Waals surface area contributed by atoms with Crippen LogP contribution in [0.2, 0.25) is 0 Å². The number of allylic oxidation sites excluding steroid dienone is 2. The molecule has 2 aromatic rings. The number of aliphatic hydroxyl groups excluding tert-OH is 2. The quantitative estimate of drug-likeness (QED) is 0.238. The molecule has 2 aromatic carbocycles. The first-order valence-corrected chi connectivity index (χ1v) is 23.0. The van der Waals surface area contributed by atoms with Crippen LogP contribution < -0.4 is 20.8 Å². The number of rotatable bonds is 5. The second kappa shape index (κ2) is 18.3. The van der Waals surface area contributed by atoms with Gasteiger partial charge in [0.1, 0.15) is 28.6 Å². The normalized spacial score (nSPS) is 32.5. The van der Waals surface area contributed by atoms with E-state index in [1.807, 2.05) is 6.92 Å². The number of aromatic hydroxyl groups is 2. The number of likely N-dealkylation sites (tertiary alicyclic amines) is 1. The van der Waals surface area contributed by atoms with Crippen LogP contribution in [0, 0.1) is 36.5 Å². The second-order valence-corrected chi connectivity index (χ2v) is 19.6. The number of anilines is 1. The molecule has 1 spiro atoms. The number of hydrogen-bond acceptors (Lipinski definition) is 14. The third kappa shape index (κ3) is 8.98. The maximum atomic E-state index is 14.8. The molecule has 1 saturated heterocycles. The smallest absolute Gasteiger partial charge is 0.410 e. The zero-order valence-corrected chi connectivity index (χ0v) is 39.5. The number of ether oxygens (including phenoxy) is 4. The van der Waals surface area contributed by atoms with Gasteiger partial charge in [-0.2, -0.15) is 0 Å². The van der Waals surface area contributed by atoms with Gasteiger partial charge in [-0.25, -0.2) is 4.79 Å². The van der Waals surface area contributed by atoms with E-state index in [9.17, 15) is 34.8 Å². The number of fused-ring (bicyclic) bond motifs is 13. The summed E-state index contributed by atoms with van der Waals surface area (Å²) in [6.07, 6.45) is 6.21. The molecular formula is C49H67N5O11. The molecule has 5 bridgehead atoms. The molecule has 2 fully saturated rings. The summed E-state index contributed by atoms with van der Waals surface area (Å²) in [5.74, 6) is -5.96. The number of carbonyl (C=O) groups is 3. The van der Waals surface area contributed by atoms with Crippen molar-refractivity contribution in [2.45, 2.75) is 130 Å². The number of nitrogens with one attached hydrogen (secondary N) is 1. The minimum absolute atomic E-state index is 0.0381. The van der Waals surface area contributed by atoms with Crippen molar-refractivity contribution in [3.63, 3.8) is 0 Å². The predicted octanol–water partition coefficient (Wildman–Crippen LogP) is 5.42. The van der Waals surface area contributed by atoms with Crippen molar-refractivity contribution in [2.75, 3.05) is 39.1 Å². The molecule has 5 N–H and O–H groups in total. The Balaban J connectivity index is 1.36. The number of carbonyl (C=O) groups excluding carboxylic acids is 3. The number of phenolic OH excluding ortho intramolecular Hbond substituents is 2. The number of methoxy groups -OCH3 is 1. The number of ketones is 1. The van der Waals surface area contributed by atoms with Crippen molar-refractivity contribution in [3.8, 4) is 17.2 Å². The molecule has 2 amide bonds. The van der Waals surface area contributed by atoms with Gasteiger partial charge in [-0.15, -0.1) is 0 Å². The molecule has 5 heterocycles. The molecule has 16 heteroatoms. The van der Waals surface area contributed by atoms with Gasteiger partial charge in [0.05, 0.1) is 40.9 Å². The first kappa shape index (κ1) is 47.9. The Morgan fingerprint density at radius 3 is 2.26 bits per heavy atom. The monoisotopic (exact) mass is 901 g/mol. The molecule has 0 unspecified atom stereocenters. The number of nitrogens with zero attached hydrogens (tertiary/aromatic N) is 4. The molecule has 5 aliphatic heterocycles. The Hall–Kier alpha value is -5.03. The summed E-state index contributed by atoms with van der Waals surface area (Å²) < 4.78 is 24.6. The lowest BCUT2D eigenvalue weighted by Crippen LogP contribution is -2.48. The number of benzene rings is 2. The van der Waals surface area contributed by atoms with E-state index in [1.165, 1.54) is 20.3 Å². The van der Waals surface area contributed by atoms with E-state index in [0.717, 1.165) is 19.4 Å². The third-order valence-corrected chi connectivity index (χ3v) is 14.2. The highest BCUT2D eigenvalue weighted by Crippen LogP contribution is 2.50. The minimum Gasteiger partial charge on any atom is -0.507 e. The fourth-order valence-electron chi connectivity index (χ4n) is 9.82. The van der Waals surface area contributed by atoms with Gasteiger partial charge in [0, 0.05) is 99.8 Å². The SMILES string of the molecule is CO[C@H]1/C=C/O[C@@]2(C)Oc3c(C)c(O)c4c(O)c(c5c(c4c3C2=O)=NC2(CCN(CC(C)C)CC2)N=5)NC(=O)/C(C)=C\C=C\[C@H](C)[C@H](O)[C@@H](C)[C@@H](O)[C@@H](C)[C@H](OC(=O)N(C)C2CC2)[C@@H]1C. The lowest BCUT2D eigenvalue weighted by Gasteiger charge is -2.38. The highest BCUT2D eigenvalue weighted by Gasteiger charge is 2.50. The molecule has 9 atom stereocenters. The lowest BCUT2D eigenvalue weighted by atomic mass is 9.78.